The van der Waals surface area contributed by atoms with Gasteiger partial charge < -0.3 is 18.3 Å². The van der Waals surface area contributed by atoms with Crippen molar-refractivity contribution in [2.45, 2.75) is 0 Å². The van der Waals surface area contributed by atoms with Gasteiger partial charge in [-0.1, -0.05) is 180 Å². The third kappa shape index (κ3) is 6.00. The van der Waals surface area contributed by atoms with Crippen LogP contribution in [0.2, 0.25) is 0 Å². The van der Waals surface area contributed by atoms with Crippen LogP contribution < -0.4 is 16.4 Å². The molecule has 0 saturated heterocycles. The van der Waals surface area contributed by atoms with Crippen molar-refractivity contribution in [2.24, 2.45) is 0 Å². The number of aromatic nitrogens is 4. The number of nitrogens with zero attached hydrogens (tertiary/aromatic N) is 4. The molecule has 0 bridgehead atoms. The lowest BCUT2D eigenvalue weighted by Gasteiger charge is -2.17. The van der Waals surface area contributed by atoms with Crippen LogP contribution in [0.3, 0.4) is 0 Å². The van der Waals surface area contributed by atoms with Gasteiger partial charge in [-0.15, -0.1) is 0 Å². The van der Waals surface area contributed by atoms with Gasteiger partial charge in [-0.25, -0.2) is 0 Å². The van der Waals surface area contributed by atoms with E-state index in [1.165, 1.54) is 104 Å². The van der Waals surface area contributed by atoms with Crippen LogP contribution in [0.15, 0.2) is 261 Å². The summed E-state index contributed by atoms with van der Waals surface area (Å²) in [5.41, 5.74) is 17.9. The van der Waals surface area contributed by atoms with Gasteiger partial charge in [-0.2, -0.15) is 0 Å². The van der Waals surface area contributed by atoms with Gasteiger partial charge in [0.05, 0.1) is 44.1 Å². The Hall–Kier alpha value is -9.32. The Kier molecular flexibility index (Phi) is 8.72. The molecule has 15 aromatic rings. The van der Waals surface area contributed by atoms with E-state index in [1.54, 1.807) is 0 Å². The van der Waals surface area contributed by atoms with Gasteiger partial charge in [0.15, 0.2) is 0 Å². The molecule has 0 radical (unpaired) electrons. The molecule has 0 saturated carbocycles. The van der Waals surface area contributed by atoms with Crippen LogP contribution >= 0.6 is 0 Å². The van der Waals surface area contributed by atoms with E-state index in [0.717, 1.165) is 22.7 Å². The lowest BCUT2D eigenvalue weighted by molar-refractivity contribution is 1.16. The molecule has 0 amide bonds. The van der Waals surface area contributed by atoms with Gasteiger partial charge >= 0.3 is 0 Å². The van der Waals surface area contributed by atoms with Crippen LogP contribution in [0.4, 0.5) is 0 Å². The summed E-state index contributed by atoms with van der Waals surface area (Å²) in [6.07, 6.45) is 0. The smallest absolute Gasteiger partial charge is 0.241 e. The molecule has 0 unspecified atom stereocenters. The van der Waals surface area contributed by atoms with Crippen molar-refractivity contribution in [3.8, 4) is 22.7 Å². The van der Waals surface area contributed by atoms with E-state index < -0.39 is 0 Å². The second-order valence-corrected chi connectivity index (χ2v) is 18.9. The molecular weight excluding hydrogens is 860 g/mol. The molecule has 4 nitrogen and oxygen atoms in total. The largest absolute Gasteiger partial charge is 0.309 e. The van der Waals surface area contributed by atoms with Gasteiger partial charge in [0.1, 0.15) is 0 Å². The summed E-state index contributed by atoms with van der Waals surface area (Å²) in [4.78, 5) is 0. The summed E-state index contributed by atoms with van der Waals surface area (Å²) in [6.45, 7) is 0.102. The Morgan fingerprint density at radius 3 is 0.944 bits per heavy atom. The molecule has 4 heterocycles. The summed E-state index contributed by atoms with van der Waals surface area (Å²) in [5.74, 6) is 0. The van der Waals surface area contributed by atoms with Crippen molar-refractivity contribution in [1.29, 1.82) is 0 Å². The number of rotatable bonds is 7. The highest BCUT2D eigenvalue weighted by molar-refractivity contribution is 6.95. The number of benzene rings is 11. The number of para-hydroxylation sites is 5. The highest BCUT2D eigenvalue weighted by atomic mass is 15.0. The van der Waals surface area contributed by atoms with E-state index in [2.05, 4.69) is 279 Å². The summed E-state index contributed by atoms with van der Waals surface area (Å²) in [5, 5.41) is 9.84. The standard InChI is InChI=1S/C66H43BN4/c1-4-19-44(20-5-1)67(45-21-6-2-7-22-45)46-23-18-26-48(39-46)69-60-32-15-11-28-52(60)56-41-50(36-38-64(56)69)71-62-34-17-13-30-54(62)58-42-65-57(43-66(58)71)53-29-12-16-33-61(53)70(65)49-35-37-63-55(40-49)51-27-10-14-31-59(51)68(63)47-24-8-3-9-25-47/h1-43H. The Morgan fingerprint density at radius 1 is 0.183 bits per heavy atom. The molecule has 11 aromatic carbocycles. The fourth-order valence-electron chi connectivity index (χ4n) is 12.0. The molecule has 0 N–H and O–H groups in total. The van der Waals surface area contributed by atoms with Crippen LogP contribution in [0.25, 0.3) is 110 Å². The molecule has 0 spiro atoms. The van der Waals surface area contributed by atoms with E-state index in [-0.39, 0.29) is 6.71 Å². The Bertz CT molecular complexity index is 4540. The van der Waals surface area contributed by atoms with Crippen LogP contribution in [0.5, 0.6) is 0 Å². The summed E-state index contributed by atoms with van der Waals surface area (Å²) in [6, 6.07) is 96.0. The summed E-state index contributed by atoms with van der Waals surface area (Å²) >= 11 is 0. The van der Waals surface area contributed by atoms with Crippen LogP contribution in [-0.2, 0) is 0 Å². The average molecular weight is 903 g/mol. The maximum atomic E-state index is 2.48. The Labute approximate surface area is 410 Å². The Morgan fingerprint density at radius 2 is 0.493 bits per heavy atom. The topological polar surface area (TPSA) is 19.7 Å². The molecule has 330 valence electrons. The second kappa shape index (κ2) is 15.6. The van der Waals surface area contributed by atoms with Crippen molar-refractivity contribution in [1.82, 2.24) is 18.3 Å². The zero-order chi connectivity index (χ0) is 46.6. The maximum absolute atomic E-state index is 2.48. The van der Waals surface area contributed by atoms with Crippen molar-refractivity contribution in [3.63, 3.8) is 0 Å². The monoisotopic (exact) mass is 902 g/mol. The molecule has 0 fully saturated rings. The van der Waals surface area contributed by atoms with Crippen LogP contribution in [0.1, 0.15) is 0 Å². The van der Waals surface area contributed by atoms with Crippen molar-refractivity contribution in [2.75, 3.05) is 0 Å². The minimum Gasteiger partial charge on any atom is -0.309 e. The third-order valence-corrected chi connectivity index (χ3v) is 15.0. The first-order chi connectivity index (χ1) is 35.2. The minimum atomic E-state index is 0.102. The van der Waals surface area contributed by atoms with Crippen molar-refractivity contribution < 1.29 is 0 Å². The quantitative estimate of drug-likeness (QED) is 0.142. The minimum absolute atomic E-state index is 0.102. The van der Waals surface area contributed by atoms with E-state index in [4.69, 9.17) is 0 Å². The van der Waals surface area contributed by atoms with Crippen LogP contribution in [0, 0.1) is 0 Å². The SMILES string of the molecule is c1ccc(B(c2ccccc2)c2cccc(-n3c4ccccc4c4cc(-n5c6ccccc6c6cc7c(cc65)c5ccccc5n7-c5ccc6c(c5)c5ccccc5n6-c5ccccc5)ccc43)c2)cc1. The number of hydrogen-bond acceptors (Lipinski definition) is 0. The van der Waals surface area contributed by atoms with Gasteiger partial charge in [0, 0.05) is 65.8 Å². The highest BCUT2D eigenvalue weighted by Gasteiger charge is 2.24. The number of hydrogen-bond donors (Lipinski definition) is 0. The Balaban J connectivity index is 0.920. The lowest BCUT2D eigenvalue weighted by atomic mass is 9.37. The first kappa shape index (κ1) is 39.7. The molecule has 4 aromatic heterocycles. The molecule has 0 aliphatic heterocycles. The lowest BCUT2D eigenvalue weighted by Crippen LogP contribution is -2.51. The van der Waals surface area contributed by atoms with E-state index in [1.807, 2.05) is 0 Å². The summed E-state index contributed by atoms with van der Waals surface area (Å²) in [7, 11) is 0. The molecule has 5 heteroatoms. The fraction of sp³-hybridized carbons (Fsp3) is 0. The van der Waals surface area contributed by atoms with E-state index >= 15 is 0 Å². The van der Waals surface area contributed by atoms with Crippen molar-refractivity contribution >= 4 is 110 Å². The van der Waals surface area contributed by atoms with Gasteiger partial charge in [-0.05, 0) is 97.1 Å². The second-order valence-electron chi connectivity index (χ2n) is 18.9. The third-order valence-electron chi connectivity index (χ3n) is 15.0. The van der Waals surface area contributed by atoms with Gasteiger partial charge in [-0.3, -0.25) is 0 Å². The summed E-state index contributed by atoms with van der Waals surface area (Å²) < 4.78 is 9.80. The van der Waals surface area contributed by atoms with E-state index in [9.17, 15) is 0 Å². The first-order valence-corrected chi connectivity index (χ1v) is 24.5. The molecular formula is C66H43BN4. The molecule has 0 aliphatic rings. The maximum Gasteiger partial charge on any atom is 0.241 e. The van der Waals surface area contributed by atoms with Gasteiger partial charge in [0.25, 0.3) is 0 Å². The predicted octanol–water partition coefficient (Wildman–Crippen LogP) is 14.6. The first-order valence-electron chi connectivity index (χ1n) is 24.5. The zero-order valence-electron chi connectivity index (χ0n) is 38.7. The molecule has 0 atom stereocenters. The average Bonchev–Trinajstić information content (AvgIpc) is 4.16. The zero-order valence-corrected chi connectivity index (χ0v) is 38.7. The van der Waals surface area contributed by atoms with Crippen LogP contribution in [-0.4, -0.2) is 25.0 Å². The van der Waals surface area contributed by atoms with E-state index in [0.29, 0.717) is 0 Å². The highest BCUT2D eigenvalue weighted by Crippen LogP contribution is 2.42. The van der Waals surface area contributed by atoms with Gasteiger partial charge in [0.2, 0.25) is 6.71 Å². The predicted molar refractivity (Wildman–Crippen MR) is 301 cm³/mol. The van der Waals surface area contributed by atoms with Crippen molar-refractivity contribution in [3.05, 3.63) is 261 Å². The molecule has 71 heavy (non-hydrogen) atoms. The molecule has 0 aliphatic carbocycles. The number of fused-ring (bicyclic) bond motifs is 12. The fourth-order valence-corrected chi connectivity index (χ4v) is 12.0. The normalized spacial score (nSPS) is 11.9. The molecule has 15 rings (SSSR count).